The van der Waals surface area contributed by atoms with E-state index in [0.717, 1.165) is 29.8 Å². The number of carbonyl (C=O) groups is 1. The quantitative estimate of drug-likeness (QED) is 0.748. The van der Waals surface area contributed by atoms with E-state index in [4.69, 9.17) is 10.7 Å². The highest BCUT2D eigenvalue weighted by atomic mass is 32.2. The van der Waals surface area contributed by atoms with E-state index >= 15 is 0 Å². The molecule has 2 aliphatic heterocycles. The van der Waals surface area contributed by atoms with Gasteiger partial charge in [-0.25, -0.2) is 8.42 Å². The molecule has 1 aromatic rings. The Labute approximate surface area is 178 Å². The van der Waals surface area contributed by atoms with Crippen LogP contribution >= 0.6 is 0 Å². The molecule has 1 aromatic carbocycles. The molecule has 1 saturated carbocycles. The Hall–Kier alpha value is -2.03. The molecule has 2 fully saturated rings. The van der Waals surface area contributed by atoms with E-state index in [1.54, 1.807) is 6.08 Å². The molecular formula is C22H30N4O3S. The number of nitrogens with one attached hydrogen (secondary N) is 1. The number of sulfonamides is 1. The number of piperidine rings is 1. The summed E-state index contributed by atoms with van der Waals surface area (Å²) < 4.78 is 27.0. The lowest BCUT2D eigenvalue weighted by Gasteiger charge is -2.34. The van der Waals surface area contributed by atoms with Crippen molar-refractivity contribution in [2.24, 2.45) is 16.6 Å². The average Bonchev–Trinajstić information content (AvgIpc) is 3.09. The smallest absolute Gasteiger partial charge is 0.253 e. The van der Waals surface area contributed by atoms with Crippen molar-refractivity contribution >= 4 is 27.8 Å². The minimum Gasteiger partial charge on any atom is -0.326 e. The summed E-state index contributed by atoms with van der Waals surface area (Å²) in [7, 11) is -3.55. The van der Waals surface area contributed by atoms with Gasteiger partial charge in [0.05, 0.1) is 0 Å². The van der Waals surface area contributed by atoms with Crippen molar-refractivity contribution in [2.75, 3.05) is 13.1 Å². The second-order valence-electron chi connectivity index (χ2n) is 8.51. The summed E-state index contributed by atoms with van der Waals surface area (Å²) in [6, 6.07) is 7.47. The van der Waals surface area contributed by atoms with Gasteiger partial charge in [0, 0.05) is 31.0 Å². The number of amides is 1. The van der Waals surface area contributed by atoms with Crippen LogP contribution in [0.15, 0.2) is 34.7 Å². The number of amidine groups is 1. The van der Waals surface area contributed by atoms with Crippen LogP contribution < -0.4 is 11.1 Å². The lowest BCUT2D eigenvalue weighted by molar-refractivity contribution is -0.124. The summed E-state index contributed by atoms with van der Waals surface area (Å²) in [6.07, 6.45) is 8.21. The summed E-state index contributed by atoms with van der Waals surface area (Å²) in [6.45, 7) is 1.05. The van der Waals surface area contributed by atoms with Gasteiger partial charge in [-0.1, -0.05) is 43.5 Å². The van der Waals surface area contributed by atoms with E-state index in [1.165, 1.54) is 29.0 Å². The Bertz CT molecular complexity index is 939. The van der Waals surface area contributed by atoms with Crippen molar-refractivity contribution in [1.82, 2.24) is 9.62 Å². The van der Waals surface area contributed by atoms with Gasteiger partial charge in [-0.15, -0.1) is 0 Å². The van der Waals surface area contributed by atoms with Gasteiger partial charge in [0.25, 0.3) is 5.91 Å². The summed E-state index contributed by atoms with van der Waals surface area (Å²) in [5, 5.41) is 4.26. The molecule has 3 aliphatic rings. The molecule has 1 amide bonds. The lowest BCUT2D eigenvalue weighted by atomic mass is 9.88. The second-order valence-corrected chi connectivity index (χ2v) is 10.3. The molecular weight excluding hydrogens is 400 g/mol. The Morgan fingerprint density at radius 2 is 1.80 bits per heavy atom. The first-order valence-electron chi connectivity index (χ1n) is 10.8. The Kier molecular flexibility index (Phi) is 6.09. The number of rotatable bonds is 5. The first-order chi connectivity index (χ1) is 14.4. The highest BCUT2D eigenvalue weighted by Gasteiger charge is 2.48. The fourth-order valence-electron chi connectivity index (χ4n) is 4.58. The molecule has 0 radical (unpaired) electrons. The van der Waals surface area contributed by atoms with Crippen molar-refractivity contribution < 1.29 is 13.2 Å². The molecule has 0 atom stereocenters. The molecule has 30 heavy (non-hydrogen) atoms. The third-order valence-corrected chi connectivity index (χ3v) is 8.11. The van der Waals surface area contributed by atoms with Crippen molar-refractivity contribution in [1.29, 1.82) is 0 Å². The molecule has 3 N–H and O–H groups in total. The molecule has 162 valence electrons. The van der Waals surface area contributed by atoms with Crippen LogP contribution in [0.4, 0.5) is 0 Å². The molecule has 1 saturated heterocycles. The Morgan fingerprint density at radius 3 is 2.43 bits per heavy atom. The van der Waals surface area contributed by atoms with Gasteiger partial charge in [-0.05, 0) is 42.9 Å². The van der Waals surface area contributed by atoms with E-state index in [-0.39, 0.29) is 5.91 Å². The maximum Gasteiger partial charge on any atom is 0.253 e. The Morgan fingerprint density at radius 1 is 1.13 bits per heavy atom. The summed E-state index contributed by atoms with van der Waals surface area (Å²) in [5.74, 6) is 1.12. The predicted octanol–water partition coefficient (Wildman–Crippen LogP) is 2.39. The molecule has 7 nitrogen and oxygen atoms in total. The van der Waals surface area contributed by atoms with Crippen LogP contribution in [-0.2, 0) is 21.4 Å². The second kappa shape index (κ2) is 8.61. The van der Waals surface area contributed by atoms with E-state index in [2.05, 4.69) is 5.32 Å². The van der Waals surface area contributed by atoms with Crippen molar-refractivity contribution in [3.63, 3.8) is 0 Å². The van der Waals surface area contributed by atoms with E-state index < -0.39 is 15.6 Å². The van der Waals surface area contributed by atoms with E-state index in [1.807, 2.05) is 24.3 Å². The zero-order chi connectivity index (χ0) is 21.2. The van der Waals surface area contributed by atoms with Gasteiger partial charge in [0.15, 0.2) is 0 Å². The van der Waals surface area contributed by atoms with Gasteiger partial charge < -0.3 is 11.1 Å². The number of nitrogens with two attached hydrogens (primary N) is 1. The summed E-state index contributed by atoms with van der Waals surface area (Å²) in [5.41, 5.74) is 6.61. The van der Waals surface area contributed by atoms with Crippen LogP contribution in [0.1, 0.15) is 56.1 Å². The van der Waals surface area contributed by atoms with Gasteiger partial charge >= 0.3 is 0 Å². The number of hydrogen-bond acceptors (Lipinski definition) is 5. The maximum atomic E-state index is 12.8. The SMILES string of the molecule is NCc1ccc(/C=C/S(=O)(=O)N2CCC3(CC2)N=C(C2CCCCC2)NC3=O)cc1. The number of aliphatic imine (C=N–C) groups is 1. The Balaban J connectivity index is 1.41. The minimum atomic E-state index is -3.55. The van der Waals surface area contributed by atoms with Gasteiger partial charge in [-0.3, -0.25) is 9.79 Å². The lowest BCUT2D eigenvalue weighted by Crippen LogP contribution is -2.50. The van der Waals surface area contributed by atoms with Gasteiger partial charge in [-0.2, -0.15) is 4.31 Å². The molecule has 0 bridgehead atoms. The number of hydrogen-bond donors (Lipinski definition) is 2. The zero-order valence-electron chi connectivity index (χ0n) is 17.2. The maximum absolute atomic E-state index is 12.8. The summed E-state index contributed by atoms with van der Waals surface area (Å²) in [4.78, 5) is 17.5. The average molecular weight is 431 g/mol. The van der Waals surface area contributed by atoms with Crippen LogP contribution in [0, 0.1) is 5.92 Å². The number of benzene rings is 1. The molecule has 0 aromatic heterocycles. The normalized spacial score (nSPS) is 23.1. The molecule has 4 rings (SSSR count). The topological polar surface area (TPSA) is 105 Å². The predicted molar refractivity (Wildman–Crippen MR) is 118 cm³/mol. The third-order valence-electron chi connectivity index (χ3n) is 6.55. The highest BCUT2D eigenvalue weighted by molar-refractivity contribution is 7.92. The molecule has 1 aliphatic carbocycles. The monoisotopic (exact) mass is 430 g/mol. The fraction of sp³-hybridized carbons (Fsp3) is 0.545. The van der Waals surface area contributed by atoms with Crippen LogP contribution in [0.3, 0.4) is 0 Å². The zero-order valence-corrected chi connectivity index (χ0v) is 18.0. The molecule has 2 heterocycles. The van der Waals surface area contributed by atoms with Gasteiger partial charge in [0.2, 0.25) is 10.0 Å². The minimum absolute atomic E-state index is 0.0596. The largest absolute Gasteiger partial charge is 0.326 e. The van der Waals surface area contributed by atoms with Crippen molar-refractivity contribution in [3.8, 4) is 0 Å². The molecule has 8 heteroatoms. The molecule has 1 spiro atoms. The molecule has 0 unspecified atom stereocenters. The standard InChI is InChI=1S/C22H30N4O3S/c23-16-18-8-6-17(7-9-18)10-15-30(28,29)26-13-11-22(12-14-26)21(27)24-20(25-22)19-4-2-1-3-5-19/h6-10,15,19H,1-5,11-14,16,23H2,(H,24,25,27)/b15-10+. The first kappa shape index (κ1) is 21.2. The fourth-order valence-corrected chi connectivity index (χ4v) is 5.77. The van der Waals surface area contributed by atoms with Crippen molar-refractivity contribution in [3.05, 3.63) is 40.8 Å². The third kappa shape index (κ3) is 4.36. The first-order valence-corrected chi connectivity index (χ1v) is 12.3. The number of nitrogens with zero attached hydrogens (tertiary/aromatic N) is 2. The van der Waals surface area contributed by atoms with Crippen molar-refractivity contribution in [2.45, 2.75) is 57.0 Å². The van der Waals surface area contributed by atoms with Gasteiger partial charge in [0.1, 0.15) is 11.4 Å². The van der Waals surface area contributed by atoms with Crippen LogP contribution in [0.2, 0.25) is 0 Å². The summed E-state index contributed by atoms with van der Waals surface area (Å²) >= 11 is 0. The van der Waals surface area contributed by atoms with Crippen LogP contribution in [0.5, 0.6) is 0 Å². The van der Waals surface area contributed by atoms with E-state index in [9.17, 15) is 13.2 Å². The van der Waals surface area contributed by atoms with E-state index in [0.29, 0.717) is 38.4 Å². The number of carbonyl (C=O) groups excluding carboxylic acids is 1. The van der Waals surface area contributed by atoms with Crippen LogP contribution in [0.25, 0.3) is 6.08 Å². The highest BCUT2D eigenvalue weighted by Crippen LogP contribution is 2.34. The van der Waals surface area contributed by atoms with Crippen LogP contribution in [-0.4, -0.2) is 43.1 Å².